The van der Waals surface area contributed by atoms with Gasteiger partial charge in [-0.05, 0) is 37.6 Å². The molecule has 0 spiro atoms. The number of aromatic nitrogens is 2. The van der Waals surface area contributed by atoms with Crippen LogP contribution in [0, 0.1) is 6.92 Å². The predicted octanol–water partition coefficient (Wildman–Crippen LogP) is 2.69. The molecule has 8 nitrogen and oxygen atoms in total. The highest BCUT2D eigenvalue weighted by Gasteiger charge is 2.20. The molecule has 27 heavy (non-hydrogen) atoms. The third kappa shape index (κ3) is 3.31. The number of nitrogens with one attached hydrogen (secondary N) is 1. The van der Waals surface area contributed by atoms with Gasteiger partial charge in [0, 0.05) is 25.8 Å². The Morgan fingerprint density at radius 2 is 2.11 bits per heavy atom. The molecule has 1 aromatic carbocycles. The number of fused-ring (bicyclic) bond motifs is 2. The van der Waals surface area contributed by atoms with Crippen LogP contribution in [0.4, 0.5) is 0 Å². The molecule has 1 aliphatic rings. The number of methoxy groups -OCH3 is 1. The second-order valence-electron chi connectivity index (χ2n) is 6.17. The van der Waals surface area contributed by atoms with E-state index in [2.05, 4.69) is 15.5 Å². The third-order valence-electron chi connectivity index (χ3n) is 4.34. The van der Waals surface area contributed by atoms with Gasteiger partial charge < -0.3 is 24.1 Å². The molecule has 2 aromatic heterocycles. The lowest BCUT2D eigenvalue weighted by Crippen LogP contribution is -2.25. The van der Waals surface area contributed by atoms with Crippen molar-refractivity contribution >= 4 is 17.0 Å². The highest BCUT2D eigenvalue weighted by Crippen LogP contribution is 2.36. The fourth-order valence-corrected chi connectivity index (χ4v) is 2.99. The Kier molecular flexibility index (Phi) is 4.64. The number of hydrogen-bond donors (Lipinski definition) is 1. The Labute approximate surface area is 155 Å². The molecule has 0 radical (unpaired) electrons. The number of amides is 1. The summed E-state index contributed by atoms with van der Waals surface area (Å²) in [5.74, 6) is 1.13. The van der Waals surface area contributed by atoms with Gasteiger partial charge in [0.25, 0.3) is 11.6 Å². The van der Waals surface area contributed by atoms with Crippen LogP contribution in [-0.2, 0) is 4.74 Å². The van der Waals surface area contributed by atoms with Crippen molar-refractivity contribution in [2.75, 3.05) is 27.1 Å². The Bertz CT molecular complexity index is 998. The maximum Gasteiger partial charge on any atom is 0.259 e. The van der Waals surface area contributed by atoms with E-state index in [1.54, 1.807) is 20.1 Å². The van der Waals surface area contributed by atoms with E-state index in [1.807, 2.05) is 18.2 Å². The van der Waals surface area contributed by atoms with Crippen molar-refractivity contribution < 1.29 is 23.5 Å². The van der Waals surface area contributed by atoms with Crippen LogP contribution in [0.25, 0.3) is 22.4 Å². The largest absolute Gasteiger partial charge is 0.454 e. The van der Waals surface area contributed by atoms with E-state index >= 15 is 0 Å². The molecule has 140 valence electrons. The third-order valence-corrected chi connectivity index (χ3v) is 4.34. The molecule has 0 aliphatic carbocycles. The highest BCUT2D eigenvalue weighted by atomic mass is 16.7. The topological polar surface area (TPSA) is 95.7 Å². The number of carbonyl (C=O) groups is 1. The summed E-state index contributed by atoms with van der Waals surface area (Å²) in [5.41, 5.74) is 2.81. The summed E-state index contributed by atoms with van der Waals surface area (Å²) in [7, 11) is 1.63. The molecule has 8 heteroatoms. The number of hydrogen-bond acceptors (Lipinski definition) is 7. The first-order chi connectivity index (χ1) is 13.2. The van der Waals surface area contributed by atoms with E-state index < -0.39 is 0 Å². The van der Waals surface area contributed by atoms with Gasteiger partial charge in [0.05, 0.1) is 22.3 Å². The zero-order chi connectivity index (χ0) is 18.8. The summed E-state index contributed by atoms with van der Waals surface area (Å²) in [5, 5.41) is 7.48. The summed E-state index contributed by atoms with van der Waals surface area (Å²) in [4.78, 5) is 17.3. The smallest absolute Gasteiger partial charge is 0.259 e. The fraction of sp³-hybridized carbons (Fsp3) is 0.316. The number of benzene rings is 1. The molecule has 1 N–H and O–H groups in total. The first kappa shape index (κ1) is 17.3. The van der Waals surface area contributed by atoms with E-state index in [4.69, 9.17) is 18.7 Å². The molecule has 4 rings (SSSR count). The van der Waals surface area contributed by atoms with Gasteiger partial charge in [0.15, 0.2) is 11.5 Å². The van der Waals surface area contributed by atoms with Crippen LogP contribution in [0.3, 0.4) is 0 Å². The number of pyridine rings is 1. The molecule has 0 bridgehead atoms. The average Bonchev–Trinajstić information content (AvgIpc) is 3.30. The molecule has 0 fully saturated rings. The van der Waals surface area contributed by atoms with Crippen LogP contribution in [0.1, 0.15) is 22.5 Å². The predicted molar refractivity (Wildman–Crippen MR) is 96.9 cm³/mol. The molecule has 0 saturated carbocycles. The van der Waals surface area contributed by atoms with Gasteiger partial charge in [-0.3, -0.25) is 4.79 Å². The van der Waals surface area contributed by atoms with Gasteiger partial charge in [-0.15, -0.1) is 0 Å². The maximum absolute atomic E-state index is 12.7. The standard InChI is InChI=1S/C19H19N3O5/c1-11-17-13(18(23)20-6-3-7-24-2)9-14(21-19(17)27-22-11)12-4-5-15-16(8-12)26-10-25-15/h4-5,8-9H,3,6-7,10H2,1-2H3,(H,20,23). The number of aryl methyl sites for hydroxylation is 1. The molecule has 0 saturated heterocycles. The zero-order valence-electron chi connectivity index (χ0n) is 15.1. The molecule has 3 heterocycles. The summed E-state index contributed by atoms with van der Waals surface area (Å²) in [6, 6.07) is 7.26. The van der Waals surface area contributed by atoms with Gasteiger partial charge >= 0.3 is 0 Å². The summed E-state index contributed by atoms with van der Waals surface area (Å²) < 4.78 is 21.1. The average molecular weight is 369 g/mol. The van der Waals surface area contributed by atoms with Gasteiger partial charge in [0.2, 0.25) is 6.79 Å². The molecule has 1 aliphatic heterocycles. The Hall–Kier alpha value is -3.13. The minimum Gasteiger partial charge on any atom is -0.454 e. The maximum atomic E-state index is 12.7. The minimum atomic E-state index is -0.202. The fourth-order valence-electron chi connectivity index (χ4n) is 2.99. The molecular formula is C19H19N3O5. The SMILES string of the molecule is COCCCNC(=O)c1cc(-c2ccc3c(c2)OCO3)nc2onc(C)c12. The highest BCUT2D eigenvalue weighted by molar-refractivity contribution is 6.07. The monoisotopic (exact) mass is 369 g/mol. The van der Waals surface area contributed by atoms with Crippen LogP contribution < -0.4 is 14.8 Å². The van der Waals surface area contributed by atoms with Crippen LogP contribution in [-0.4, -0.2) is 43.1 Å². The molecule has 0 atom stereocenters. The van der Waals surface area contributed by atoms with Crippen molar-refractivity contribution in [3.63, 3.8) is 0 Å². The normalized spacial score (nSPS) is 12.5. The van der Waals surface area contributed by atoms with Crippen LogP contribution in [0.5, 0.6) is 11.5 Å². The number of nitrogens with zero attached hydrogens (tertiary/aromatic N) is 2. The van der Waals surface area contributed by atoms with E-state index in [1.165, 1.54) is 0 Å². The Morgan fingerprint density at radius 1 is 1.26 bits per heavy atom. The summed E-state index contributed by atoms with van der Waals surface area (Å²) >= 11 is 0. The van der Waals surface area contributed by atoms with E-state index in [0.717, 1.165) is 12.0 Å². The number of carbonyl (C=O) groups excluding carboxylic acids is 1. The molecule has 3 aromatic rings. The van der Waals surface area contributed by atoms with Crippen LogP contribution in [0.15, 0.2) is 28.8 Å². The van der Waals surface area contributed by atoms with Crippen molar-refractivity contribution in [3.05, 3.63) is 35.5 Å². The molecular weight excluding hydrogens is 350 g/mol. The van der Waals surface area contributed by atoms with Gasteiger partial charge in [-0.2, -0.15) is 0 Å². The van der Waals surface area contributed by atoms with Crippen molar-refractivity contribution in [3.8, 4) is 22.8 Å². The number of rotatable bonds is 6. The van der Waals surface area contributed by atoms with Crippen molar-refractivity contribution in [1.82, 2.24) is 15.5 Å². The zero-order valence-corrected chi connectivity index (χ0v) is 15.1. The second-order valence-corrected chi connectivity index (χ2v) is 6.17. The minimum absolute atomic E-state index is 0.196. The van der Waals surface area contributed by atoms with Gasteiger partial charge in [0.1, 0.15) is 0 Å². The lowest BCUT2D eigenvalue weighted by atomic mass is 10.0. The van der Waals surface area contributed by atoms with Gasteiger partial charge in [-0.1, -0.05) is 5.16 Å². The van der Waals surface area contributed by atoms with Crippen molar-refractivity contribution in [1.29, 1.82) is 0 Å². The van der Waals surface area contributed by atoms with Crippen LogP contribution in [0.2, 0.25) is 0 Å². The second kappa shape index (κ2) is 7.24. The lowest BCUT2D eigenvalue weighted by Gasteiger charge is -2.08. The van der Waals surface area contributed by atoms with E-state index in [-0.39, 0.29) is 12.7 Å². The van der Waals surface area contributed by atoms with E-state index in [9.17, 15) is 4.79 Å². The summed E-state index contributed by atoms with van der Waals surface area (Å²) in [6.45, 7) is 3.08. The first-order valence-corrected chi connectivity index (χ1v) is 8.61. The number of ether oxygens (including phenoxy) is 3. The Balaban J connectivity index is 1.71. The van der Waals surface area contributed by atoms with Gasteiger partial charge in [-0.25, -0.2) is 4.98 Å². The van der Waals surface area contributed by atoms with E-state index in [0.29, 0.717) is 52.7 Å². The van der Waals surface area contributed by atoms with Crippen molar-refractivity contribution in [2.24, 2.45) is 0 Å². The molecule has 0 unspecified atom stereocenters. The summed E-state index contributed by atoms with van der Waals surface area (Å²) in [6.07, 6.45) is 0.730. The van der Waals surface area contributed by atoms with Crippen molar-refractivity contribution in [2.45, 2.75) is 13.3 Å². The first-order valence-electron chi connectivity index (χ1n) is 8.61. The quantitative estimate of drug-likeness (QED) is 0.667. The molecule has 1 amide bonds. The lowest BCUT2D eigenvalue weighted by molar-refractivity contribution is 0.0950. The Morgan fingerprint density at radius 3 is 2.96 bits per heavy atom. The van der Waals surface area contributed by atoms with Crippen LogP contribution >= 0.6 is 0 Å².